The Hall–Kier alpha value is -3.15. The number of fused-ring (bicyclic) bond motifs is 1. The minimum Gasteiger partial charge on any atom is -0.478 e. The first-order chi connectivity index (χ1) is 13.4. The highest BCUT2D eigenvalue weighted by atomic mass is 16.4. The molecule has 2 unspecified atom stereocenters. The molecule has 144 valence electrons. The van der Waals surface area contributed by atoms with Crippen LogP contribution in [0.4, 0.5) is 5.69 Å². The lowest BCUT2D eigenvalue weighted by atomic mass is 9.97. The van der Waals surface area contributed by atoms with Gasteiger partial charge in [0.05, 0.1) is 5.56 Å². The summed E-state index contributed by atoms with van der Waals surface area (Å²) in [4.78, 5) is 38.0. The average molecular weight is 378 g/mol. The van der Waals surface area contributed by atoms with Crippen molar-refractivity contribution in [3.05, 3.63) is 64.7 Å². The van der Waals surface area contributed by atoms with E-state index < -0.39 is 5.97 Å². The van der Waals surface area contributed by atoms with Crippen LogP contribution in [-0.4, -0.2) is 34.3 Å². The lowest BCUT2D eigenvalue weighted by molar-refractivity contribution is -0.117. The van der Waals surface area contributed by atoms with Crippen LogP contribution in [0.2, 0.25) is 0 Å². The Kier molecular flexibility index (Phi) is 4.63. The summed E-state index contributed by atoms with van der Waals surface area (Å²) in [5.41, 5.74) is 3.31. The van der Waals surface area contributed by atoms with Gasteiger partial charge in [0.2, 0.25) is 5.91 Å². The van der Waals surface area contributed by atoms with Gasteiger partial charge >= 0.3 is 5.97 Å². The molecule has 2 atom stereocenters. The fraction of sp³-hybridized carbons (Fsp3) is 0.318. The first-order valence-corrected chi connectivity index (χ1v) is 9.47. The normalized spacial score (nSPS) is 20.2. The first-order valence-electron chi connectivity index (χ1n) is 9.47. The van der Waals surface area contributed by atoms with Crippen LogP contribution >= 0.6 is 0 Å². The van der Waals surface area contributed by atoms with Crippen LogP contribution in [0, 0.1) is 11.8 Å². The van der Waals surface area contributed by atoms with Crippen molar-refractivity contribution in [2.45, 2.75) is 26.3 Å². The van der Waals surface area contributed by atoms with Crippen molar-refractivity contribution in [3.8, 4) is 0 Å². The van der Waals surface area contributed by atoms with Crippen molar-refractivity contribution >= 4 is 23.5 Å². The number of anilines is 1. The van der Waals surface area contributed by atoms with Crippen LogP contribution in [-0.2, 0) is 17.8 Å². The number of amides is 2. The summed E-state index contributed by atoms with van der Waals surface area (Å²) < 4.78 is 0. The highest BCUT2D eigenvalue weighted by Gasteiger charge is 2.39. The molecule has 1 fully saturated rings. The number of aromatic carboxylic acids is 1. The minimum absolute atomic E-state index is 0.00481. The van der Waals surface area contributed by atoms with Crippen LogP contribution in [0.5, 0.6) is 0 Å². The summed E-state index contributed by atoms with van der Waals surface area (Å²) in [5.74, 6) is -0.595. The number of nitrogens with one attached hydrogen (secondary N) is 1. The molecule has 6 heteroatoms. The molecular weight excluding hydrogens is 356 g/mol. The van der Waals surface area contributed by atoms with Gasteiger partial charge in [-0.25, -0.2) is 4.79 Å². The van der Waals surface area contributed by atoms with Crippen LogP contribution in [0.1, 0.15) is 45.2 Å². The van der Waals surface area contributed by atoms with Gasteiger partial charge in [-0.15, -0.1) is 0 Å². The molecule has 2 N–H and O–H groups in total. The highest BCUT2D eigenvalue weighted by Crippen LogP contribution is 2.38. The van der Waals surface area contributed by atoms with Gasteiger partial charge in [-0.3, -0.25) is 9.59 Å². The summed E-state index contributed by atoms with van der Waals surface area (Å²) in [5, 5.41) is 12.1. The van der Waals surface area contributed by atoms with Gasteiger partial charge in [-0.05, 0) is 60.2 Å². The predicted molar refractivity (Wildman–Crippen MR) is 104 cm³/mol. The molecule has 0 saturated heterocycles. The predicted octanol–water partition coefficient (Wildman–Crippen LogP) is 3.18. The Morgan fingerprint density at radius 2 is 1.86 bits per heavy atom. The van der Waals surface area contributed by atoms with Crippen molar-refractivity contribution in [2.24, 2.45) is 11.8 Å². The molecule has 1 saturated carbocycles. The number of carboxylic acids is 1. The van der Waals surface area contributed by atoms with Gasteiger partial charge < -0.3 is 15.3 Å². The summed E-state index contributed by atoms with van der Waals surface area (Å²) in [7, 11) is 0. The maximum atomic E-state index is 13.0. The van der Waals surface area contributed by atoms with Crippen molar-refractivity contribution in [3.63, 3.8) is 0 Å². The highest BCUT2D eigenvalue weighted by molar-refractivity contribution is 5.98. The molecule has 2 amide bonds. The monoisotopic (exact) mass is 378 g/mol. The number of rotatable bonds is 4. The Labute approximate surface area is 163 Å². The van der Waals surface area contributed by atoms with E-state index >= 15 is 0 Å². The van der Waals surface area contributed by atoms with Crippen LogP contribution in [0.15, 0.2) is 42.5 Å². The van der Waals surface area contributed by atoms with E-state index in [4.69, 9.17) is 0 Å². The summed E-state index contributed by atoms with van der Waals surface area (Å²) in [6.45, 7) is 3.01. The van der Waals surface area contributed by atoms with Gasteiger partial charge in [-0.1, -0.05) is 19.1 Å². The number of carbonyl (C=O) groups excluding carboxylic acids is 2. The molecule has 4 rings (SSSR count). The van der Waals surface area contributed by atoms with Crippen LogP contribution in [0.25, 0.3) is 0 Å². The van der Waals surface area contributed by atoms with E-state index in [0.717, 1.165) is 17.5 Å². The lowest BCUT2D eigenvalue weighted by Gasteiger charge is -2.29. The van der Waals surface area contributed by atoms with Crippen molar-refractivity contribution in [1.29, 1.82) is 0 Å². The van der Waals surface area contributed by atoms with Crippen molar-refractivity contribution < 1.29 is 19.5 Å². The zero-order chi connectivity index (χ0) is 19.8. The number of hydrogen-bond acceptors (Lipinski definition) is 3. The number of carbonyl (C=O) groups is 3. The fourth-order valence-corrected chi connectivity index (χ4v) is 3.70. The first kappa shape index (κ1) is 18.2. The number of benzene rings is 2. The zero-order valence-electron chi connectivity index (χ0n) is 15.6. The molecule has 1 heterocycles. The van der Waals surface area contributed by atoms with Gasteiger partial charge in [0, 0.05) is 30.3 Å². The Morgan fingerprint density at radius 3 is 2.57 bits per heavy atom. The van der Waals surface area contributed by atoms with Gasteiger partial charge in [0.15, 0.2) is 0 Å². The third-order valence-electron chi connectivity index (χ3n) is 5.58. The largest absolute Gasteiger partial charge is 0.478 e. The molecule has 0 bridgehead atoms. The van der Waals surface area contributed by atoms with Crippen molar-refractivity contribution in [2.75, 3.05) is 11.9 Å². The molecule has 2 aliphatic rings. The van der Waals surface area contributed by atoms with E-state index in [9.17, 15) is 19.5 Å². The van der Waals surface area contributed by atoms with E-state index in [2.05, 4.69) is 5.32 Å². The maximum Gasteiger partial charge on any atom is 0.335 e. The smallest absolute Gasteiger partial charge is 0.335 e. The summed E-state index contributed by atoms with van der Waals surface area (Å²) in [6.07, 6.45) is 1.60. The molecule has 1 aliphatic heterocycles. The van der Waals surface area contributed by atoms with E-state index in [1.165, 1.54) is 0 Å². The molecular formula is C22H22N2O4. The quantitative estimate of drug-likeness (QED) is 0.856. The second kappa shape index (κ2) is 7.11. The Morgan fingerprint density at radius 1 is 1.07 bits per heavy atom. The number of nitrogens with zero attached hydrogens (tertiary/aromatic N) is 1. The number of carboxylic acid groups (broad SMARTS) is 1. The van der Waals surface area contributed by atoms with Gasteiger partial charge in [-0.2, -0.15) is 0 Å². The number of hydrogen-bond donors (Lipinski definition) is 2. The third-order valence-corrected chi connectivity index (χ3v) is 5.58. The molecule has 0 radical (unpaired) electrons. The fourth-order valence-electron chi connectivity index (χ4n) is 3.70. The van der Waals surface area contributed by atoms with Crippen molar-refractivity contribution in [1.82, 2.24) is 4.90 Å². The van der Waals surface area contributed by atoms with E-state index in [1.807, 2.05) is 13.0 Å². The Balaban J connectivity index is 1.49. The SMILES string of the molecule is CC1CC1C(=O)Nc1cccc(C(=O)N2CCc3ccc(C(=O)O)cc3C2)c1. The van der Waals surface area contributed by atoms with Gasteiger partial charge in [0.1, 0.15) is 0 Å². The molecule has 0 aromatic heterocycles. The van der Waals surface area contributed by atoms with E-state index in [1.54, 1.807) is 41.3 Å². The minimum atomic E-state index is -0.973. The third kappa shape index (κ3) is 3.63. The molecule has 6 nitrogen and oxygen atoms in total. The van der Waals surface area contributed by atoms with E-state index in [-0.39, 0.29) is 23.3 Å². The topological polar surface area (TPSA) is 86.7 Å². The second-order valence-corrected chi connectivity index (χ2v) is 7.65. The molecule has 2 aromatic carbocycles. The molecule has 0 spiro atoms. The van der Waals surface area contributed by atoms with Crippen LogP contribution in [0.3, 0.4) is 0 Å². The standard InChI is InChI=1S/C22H22N2O4/c1-13-9-19(13)20(25)23-18-4-2-3-15(11-18)21(26)24-8-7-14-5-6-16(22(27)28)10-17(14)12-24/h2-6,10-11,13,19H,7-9,12H2,1H3,(H,23,25)(H,27,28). The molecule has 28 heavy (non-hydrogen) atoms. The average Bonchev–Trinajstić information content (AvgIpc) is 3.43. The van der Waals surface area contributed by atoms with Gasteiger partial charge in [0.25, 0.3) is 5.91 Å². The summed E-state index contributed by atoms with van der Waals surface area (Å²) >= 11 is 0. The lowest BCUT2D eigenvalue weighted by Crippen LogP contribution is -2.36. The Bertz CT molecular complexity index is 969. The van der Waals surface area contributed by atoms with E-state index in [0.29, 0.717) is 36.7 Å². The van der Waals surface area contributed by atoms with Crippen LogP contribution < -0.4 is 5.32 Å². The second-order valence-electron chi connectivity index (χ2n) is 7.65. The summed E-state index contributed by atoms with van der Waals surface area (Å²) in [6, 6.07) is 12.1. The molecule has 2 aromatic rings. The maximum absolute atomic E-state index is 13.0. The zero-order valence-corrected chi connectivity index (χ0v) is 15.6. The molecule has 1 aliphatic carbocycles.